The number of nitrogens with zero attached hydrogens (tertiary/aromatic N) is 1. The van der Waals surface area contributed by atoms with Crippen molar-refractivity contribution in [1.29, 1.82) is 0 Å². The molecule has 4 rings (SSSR count). The fourth-order valence-corrected chi connectivity index (χ4v) is 4.26. The first-order valence-corrected chi connectivity index (χ1v) is 9.85. The van der Waals surface area contributed by atoms with Crippen LogP contribution in [0.2, 0.25) is 5.02 Å². The van der Waals surface area contributed by atoms with Gasteiger partial charge in [0.15, 0.2) is 0 Å². The van der Waals surface area contributed by atoms with Crippen LogP contribution in [0, 0.1) is 5.82 Å². The molecule has 2 aromatic rings. The van der Waals surface area contributed by atoms with Crippen molar-refractivity contribution < 1.29 is 22.8 Å². The molecular formula is C19H14BrClF3N3O2. The molecule has 10 heteroatoms. The normalized spacial score (nSPS) is 19.8. The molecule has 2 aromatic carbocycles. The molecule has 2 N–H and O–H groups in total. The number of benzene rings is 2. The van der Waals surface area contributed by atoms with E-state index in [1.807, 2.05) is 0 Å². The number of likely N-dealkylation sites (tertiary alicyclic amines) is 1. The van der Waals surface area contributed by atoms with E-state index in [9.17, 15) is 22.8 Å². The smallest absolute Gasteiger partial charge is 0.322 e. The minimum Gasteiger partial charge on any atom is -0.341 e. The average molecular weight is 489 g/mol. The van der Waals surface area contributed by atoms with E-state index in [0.29, 0.717) is 15.6 Å². The number of fused-ring (bicyclic) bond motifs is 1. The number of urea groups is 1. The van der Waals surface area contributed by atoms with Crippen LogP contribution in [0.3, 0.4) is 0 Å². The van der Waals surface area contributed by atoms with Crippen LogP contribution in [0.5, 0.6) is 0 Å². The topological polar surface area (TPSA) is 61.4 Å². The highest BCUT2D eigenvalue weighted by molar-refractivity contribution is 9.10. The molecule has 1 unspecified atom stereocenters. The SMILES string of the molecule is O=C1NC(c2cc(F)ccc2Cl)c2c(NC(=O)N3CCC(F)(F)C3)cc(Br)cc21. The molecule has 2 heterocycles. The maximum Gasteiger partial charge on any atom is 0.322 e. The standard InChI is InChI=1S/C19H14BrClF3N3O2/c20-9-5-12-15(14(6-9)25-18(29)27-4-3-19(23,24)8-27)16(26-17(12)28)11-7-10(22)1-2-13(11)21/h1-2,5-7,16H,3-4,8H2,(H,25,29)(H,26,28). The predicted molar refractivity (Wildman–Crippen MR) is 105 cm³/mol. The summed E-state index contributed by atoms with van der Waals surface area (Å²) in [6, 6.07) is 5.40. The fraction of sp³-hybridized carbons (Fsp3) is 0.263. The van der Waals surface area contributed by atoms with Gasteiger partial charge in [-0.1, -0.05) is 27.5 Å². The number of rotatable bonds is 2. The van der Waals surface area contributed by atoms with Gasteiger partial charge in [0.2, 0.25) is 0 Å². The van der Waals surface area contributed by atoms with Crippen molar-refractivity contribution in [3.63, 3.8) is 0 Å². The van der Waals surface area contributed by atoms with Gasteiger partial charge < -0.3 is 15.5 Å². The number of alkyl halides is 2. The third-order valence-corrected chi connectivity index (χ3v) is 5.72. The Morgan fingerprint density at radius 1 is 1.31 bits per heavy atom. The van der Waals surface area contributed by atoms with Gasteiger partial charge in [-0.05, 0) is 30.3 Å². The zero-order chi connectivity index (χ0) is 20.9. The number of carbonyl (C=O) groups excluding carboxylic acids is 2. The van der Waals surface area contributed by atoms with Crippen LogP contribution in [0.15, 0.2) is 34.8 Å². The Bertz CT molecular complexity index is 1030. The largest absolute Gasteiger partial charge is 0.341 e. The summed E-state index contributed by atoms with van der Waals surface area (Å²) in [4.78, 5) is 26.0. The van der Waals surface area contributed by atoms with Crippen molar-refractivity contribution in [2.24, 2.45) is 0 Å². The highest BCUT2D eigenvalue weighted by Crippen LogP contribution is 2.41. The molecular weight excluding hydrogens is 475 g/mol. The lowest BCUT2D eigenvalue weighted by Gasteiger charge is -2.21. The Balaban J connectivity index is 1.73. The quantitative estimate of drug-likeness (QED) is 0.629. The molecule has 3 amide bonds. The van der Waals surface area contributed by atoms with E-state index in [2.05, 4.69) is 26.6 Å². The predicted octanol–water partition coefficient (Wildman–Crippen LogP) is 4.95. The van der Waals surface area contributed by atoms with Crippen molar-refractivity contribution >= 4 is 45.2 Å². The molecule has 2 aliphatic heterocycles. The lowest BCUT2D eigenvalue weighted by Crippen LogP contribution is -2.35. The summed E-state index contributed by atoms with van der Waals surface area (Å²) in [6.07, 6.45) is -0.404. The number of nitrogens with one attached hydrogen (secondary N) is 2. The van der Waals surface area contributed by atoms with Gasteiger partial charge in [-0.2, -0.15) is 0 Å². The van der Waals surface area contributed by atoms with Crippen LogP contribution in [-0.4, -0.2) is 35.9 Å². The molecule has 0 saturated carbocycles. The van der Waals surface area contributed by atoms with E-state index in [1.54, 1.807) is 12.1 Å². The summed E-state index contributed by atoms with van der Waals surface area (Å²) in [7, 11) is 0. The van der Waals surface area contributed by atoms with Crippen LogP contribution >= 0.6 is 27.5 Å². The van der Waals surface area contributed by atoms with Crippen LogP contribution < -0.4 is 10.6 Å². The van der Waals surface area contributed by atoms with Crippen LogP contribution in [0.1, 0.15) is 33.9 Å². The number of carbonyl (C=O) groups is 2. The van der Waals surface area contributed by atoms with E-state index in [-0.39, 0.29) is 22.8 Å². The molecule has 0 aromatic heterocycles. The van der Waals surface area contributed by atoms with Crippen molar-refractivity contribution in [3.8, 4) is 0 Å². The monoisotopic (exact) mass is 487 g/mol. The van der Waals surface area contributed by atoms with Crippen molar-refractivity contribution in [3.05, 3.63) is 62.3 Å². The molecule has 0 bridgehead atoms. The first kappa shape index (κ1) is 20.0. The molecule has 0 aliphatic carbocycles. The van der Waals surface area contributed by atoms with E-state index >= 15 is 0 Å². The summed E-state index contributed by atoms with van der Waals surface area (Å²) >= 11 is 9.49. The zero-order valence-corrected chi connectivity index (χ0v) is 17.1. The summed E-state index contributed by atoms with van der Waals surface area (Å²) in [5.41, 5.74) is 1.24. The van der Waals surface area contributed by atoms with Crippen LogP contribution in [-0.2, 0) is 0 Å². The van der Waals surface area contributed by atoms with E-state index < -0.39 is 42.7 Å². The van der Waals surface area contributed by atoms with Gasteiger partial charge in [0.25, 0.3) is 11.8 Å². The lowest BCUT2D eigenvalue weighted by molar-refractivity contribution is 0.0159. The maximum absolute atomic E-state index is 13.8. The molecule has 0 radical (unpaired) electrons. The fourth-order valence-electron chi connectivity index (χ4n) is 3.57. The Labute approximate surface area is 177 Å². The second-order valence-electron chi connectivity index (χ2n) is 6.94. The van der Waals surface area contributed by atoms with E-state index in [0.717, 1.165) is 4.90 Å². The third kappa shape index (κ3) is 3.81. The number of hydrogen-bond acceptors (Lipinski definition) is 2. The van der Waals surface area contributed by atoms with Gasteiger partial charge in [-0.25, -0.2) is 18.0 Å². The van der Waals surface area contributed by atoms with Gasteiger partial charge in [-0.15, -0.1) is 0 Å². The number of anilines is 1. The first-order chi connectivity index (χ1) is 13.6. The Morgan fingerprint density at radius 3 is 2.76 bits per heavy atom. The highest BCUT2D eigenvalue weighted by Gasteiger charge is 2.41. The minimum atomic E-state index is -2.92. The van der Waals surface area contributed by atoms with E-state index in [4.69, 9.17) is 11.6 Å². The Morgan fingerprint density at radius 2 is 2.07 bits per heavy atom. The van der Waals surface area contributed by atoms with Crippen molar-refractivity contribution in [1.82, 2.24) is 10.2 Å². The van der Waals surface area contributed by atoms with Crippen LogP contribution in [0.4, 0.5) is 23.7 Å². The molecule has 1 atom stereocenters. The molecule has 2 aliphatic rings. The summed E-state index contributed by atoms with van der Waals surface area (Å²) < 4.78 is 41.2. The Hall–Kier alpha value is -2.26. The van der Waals surface area contributed by atoms with Crippen molar-refractivity contribution in [2.45, 2.75) is 18.4 Å². The van der Waals surface area contributed by atoms with Gasteiger partial charge in [0.05, 0.1) is 12.6 Å². The highest BCUT2D eigenvalue weighted by atomic mass is 79.9. The summed E-state index contributed by atoms with van der Waals surface area (Å²) in [5, 5.41) is 5.58. The first-order valence-electron chi connectivity index (χ1n) is 8.68. The minimum absolute atomic E-state index is 0.0780. The number of halogens is 5. The maximum atomic E-state index is 13.8. The van der Waals surface area contributed by atoms with Crippen LogP contribution in [0.25, 0.3) is 0 Å². The molecule has 152 valence electrons. The van der Waals surface area contributed by atoms with Gasteiger partial charge in [-0.3, -0.25) is 4.79 Å². The molecule has 29 heavy (non-hydrogen) atoms. The Kier molecular flexibility index (Phi) is 4.98. The summed E-state index contributed by atoms with van der Waals surface area (Å²) in [5.74, 6) is -3.88. The molecule has 5 nitrogen and oxygen atoms in total. The average Bonchev–Trinajstić information content (AvgIpc) is 3.17. The van der Waals surface area contributed by atoms with Crippen molar-refractivity contribution in [2.75, 3.05) is 18.4 Å². The molecule has 1 saturated heterocycles. The number of hydrogen-bond donors (Lipinski definition) is 2. The second kappa shape index (κ2) is 7.21. The van der Waals surface area contributed by atoms with Gasteiger partial charge in [0, 0.05) is 44.8 Å². The third-order valence-electron chi connectivity index (χ3n) is 4.92. The second-order valence-corrected chi connectivity index (χ2v) is 8.27. The van der Waals surface area contributed by atoms with E-state index in [1.165, 1.54) is 18.2 Å². The summed E-state index contributed by atoms with van der Waals surface area (Å²) in [6.45, 7) is -0.753. The molecule has 0 spiro atoms. The lowest BCUT2D eigenvalue weighted by atomic mass is 9.96. The van der Waals surface area contributed by atoms with Gasteiger partial charge in [0.1, 0.15) is 5.82 Å². The number of amides is 3. The van der Waals surface area contributed by atoms with Gasteiger partial charge >= 0.3 is 6.03 Å². The molecule has 1 fully saturated rings. The zero-order valence-electron chi connectivity index (χ0n) is 14.7.